The number of likely N-dealkylation sites (tertiary alicyclic amines) is 1. The molecule has 0 unspecified atom stereocenters. The number of carbonyl (C=O) groups is 2. The highest BCUT2D eigenvalue weighted by Crippen LogP contribution is 2.18. The van der Waals surface area contributed by atoms with Crippen LogP contribution >= 0.6 is 0 Å². The van der Waals surface area contributed by atoms with Crippen LogP contribution in [0.2, 0.25) is 0 Å². The van der Waals surface area contributed by atoms with Crippen LogP contribution in [-0.4, -0.2) is 41.6 Å². The van der Waals surface area contributed by atoms with E-state index in [2.05, 4.69) is 5.16 Å². The quantitative estimate of drug-likeness (QED) is 0.806. The Balaban J connectivity index is 1.50. The summed E-state index contributed by atoms with van der Waals surface area (Å²) in [6, 6.07) is 7.35. The second-order valence-electron chi connectivity index (χ2n) is 6.11. The second kappa shape index (κ2) is 7.95. The number of carbonyl (C=O) groups excluding carboxylic acids is 2. The minimum absolute atomic E-state index is 0.00426. The largest absolute Gasteiger partial charge is 0.455 e. The number of fused-ring (bicyclic) bond motifs is 1. The lowest BCUT2D eigenvalue weighted by molar-refractivity contribution is -0.151. The maximum absolute atomic E-state index is 12.2. The van der Waals surface area contributed by atoms with Gasteiger partial charge in [-0.25, -0.2) is 0 Å². The third kappa shape index (κ3) is 4.13. The molecular formula is C18H22N2O4. The molecule has 1 aromatic carbocycles. The predicted octanol–water partition coefficient (Wildman–Crippen LogP) is 2.71. The lowest BCUT2D eigenvalue weighted by atomic mass is 10.1. The molecule has 2 heterocycles. The predicted molar refractivity (Wildman–Crippen MR) is 88.3 cm³/mol. The first-order valence-corrected chi connectivity index (χ1v) is 8.51. The Bertz CT molecular complexity index is 702. The third-order valence-corrected chi connectivity index (χ3v) is 4.33. The van der Waals surface area contributed by atoms with Crippen molar-refractivity contribution in [2.24, 2.45) is 0 Å². The zero-order valence-electron chi connectivity index (χ0n) is 13.7. The van der Waals surface area contributed by atoms with Crippen LogP contribution in [0.5, 0.6) is 0 Å². The lowest BCUT2D eigenvalue weighted by Crippen LogP contribution is -2.37. The van der Waals surface area contributed by atoms with Crippen molar-refractivity contribution in [1.29, 1.82) is 0 Å². The van der Waals surface area contributed by atoms with Crippen molar-refractivity contribution in [3.8, 4) is 0 Å². The summed E-state index contributed by atoms with van der Waals surface area (Å²) in [5.74, 6) is -0.579. The monoisotopic (exact) mass is 330 g/mol. The lowest BCUT2D eigenvalue weighted by Gasteiger charge is -2.24. The zero-order chi connectivity index (χ0) is 16.8. The number of nitrogens with zero attached hydrogens (tertiary/aromatic N) is 2. The molecule has 128 valence electrons. The average molecular weight is 330 g/mol. The molecule has 6 heteroatoms. The molecule has 1 saturated heterocycles. The minimum Gasteiger partial charge on any atom is -0.455 e. The smallest absolute Gasteiger partial charge is 0.312 e. The summed E-state index contributed by atoms with van der Waals surface area (Å²) in [5.41, 5.74) is 1.17. The van der Waals surface area contributed by atoms with Gasteiger partial charge >= 0.3 is 5.97 Å². The molecule has 0 spiro atoms. The van der Waals surface area contributed by atoms with Crippen LogP contribution in [0.3, 0.4) is 0 Å². The van der Waals surface area contributed by atoms with E-state index in [1.165, 1.54) is 6.42 Å². The van der Waals surface area contributed by atoms with Gasteiger partial charge in [-0.15, -0.1) is 0 Å². The Labute approximate surface area is 140 Å². The Morgan fingerprint density at radius 3 is 2.58 bits per heavy atom. The van der Waals surface area contributed by atoms with Gasteiger partial charge in [0.25, 0.3) is 5.91 Å². The fourth-order valence-electron chi connectivity index (χ4n) is 2.98. The van der Waals surface area contributed by atoms with Crippen LogP contribution in [0.15, 0.2) is 28.8 Å². The molecule has 3 rings (SSSR count). The van der Waals surface area contributed by atoms with E-state index in [0.29, 0.717) is 11.3 Å². The van der Waals surface area contributed by atoms with Crippen molar-refractivity contribution in [2.45, 2.75) is 38.5 Å². The fourth-order valence-corrected chi connectivity index (χ4v) is 2.98. The highest BCUT2D eigenvalue weighted by Gasteiger charge is 2.18. The maximum atomic E-state index is 12.2. The molecule has 2 aromatic rings. The number of benzene rings is 1. The van der Waals surface area contributed by atoms with E-state index in [4.69, 9.17) is 9.26 Å². The Morgan fingerprint density at radius 1 is 1.08 bits per heavy atom. The van der Waals surface area contributed by atoms with Gasteiger partial charge in [-0.05, 0) is 25.0 Å². The van der Waals surface area contributed by atoms with E-state index in [0.717, 1.165) is 44.2 Å². The van der Waals surface area contributed by atoms with Crippen LogP contribution in [0.1, 0.15) is 37.8 Å². The number of amides is 1. The average Bonchev–Trinajstić information content (AvgIpc) is 2.96. The normalized spacial score (nSPS) is 15.8. The molecule has 1 aromatic heterocycles. The van der Waals surface area contributed by atoms with Gasteiger partial charge < -0.3 is 14.2 Å². The molecule has 0 atom stereocenters. The van der Waals surface area contributed by atoms with Gasteiger partial charge in [0.05, 0.1) is 6.42 Å². The highest BCUT2D eigenvalue weighted by atomic mass is 16.5. The van der Waals surface area contributed by atoms with E-state index in [-0.39, 0.29) is 18.9 Å². The first-order chi connectivity index (χ1) is 11.7. The van der Waals surface area contributed by atoms with Crippen molar-refractivity contribution < 1.29 is 18.8 Å². The summed E-state index contributed by atoms with van der Waals surface area (Å²) in [6.07, 6.45) is 5.59. The molecule has 0 radical (unpaired) electrons. The molecule has 0 aliphatic carbocycles. The SMILES string of the molecule is O=C(Cc1noc2ccccc12)OCC(=O)N1CCCCCCC1. The van der Waals surface area contributed by atoms with Crippen LogP contribution in [0.4, 0.5) is 0 Å². The fraction of sp³-hybridized carbons (Fsp3) is 0.500. The number of esters is 1. The standard InChI is InChI=1S/C18H22N2O4/c21-17(20-10-6-2-1-3-7-11-20)13-23-18(22)12-15-14-8-4-5-9-16(14)24-19-15/h4-5,8-9H,1-3,6-7,10-13H2. The molecule has 24 heavy (non-hydrogen) atoms. The number of para-hydroxylation sites is 1. The van der Waals surface area contributed by atoms with Crippen LogP contribution in [-0.2, 0) is 20.7 Å². The highest BCUT2D eigenvalue weighted by molar-refractivity contribution is 5.85. The van der Waals surface area contributed by atoms with Crippen molar-refractivity contribution in [3.05, 3.63) is 30.0 Å². The van der Waals surface area contributed by atoms with E-state index in [1.54, 1.807) is 11.0 Å². The summed E-state index contributed by atoms with van der Waals surface area (Å²) >= 11 is 0. The first-order valence-electron chi connectivity index (χ1n) is 8.51. The van der Waals surface area contributed by atoms with Gasteiger partial charge in [-0.2, -0.15) is 0 Å². The van der Waals surface area contributed by atoms with Gasteiger partial charge in [-0.1, -0.05) is 36.6 Å². The number of hydrogen-bond donors (Lipinski definition) is 0. The summed E-state index contributed by atoms with van der Waals surface area (Å²) < 4.78 is 10.3. The van der Waals surface area contributed by atoms with Gasteiger partial charge in [0.2, 0.25) is 0 Å². The summed E-state index contributed by atoms with van der Waals surface area (Å²) in [5, 5.41) is 4.70. The number of ether oxygens (including phenoxy) is 1. The molecule has 0 saturated carbocycles. The minimum atomic E-state index is -0.463. The Morgan fingerprint density at radius 2 is 1.79 bits per heavy atom. The number of aromatic nitrogens is 1. The Kier molecular flexibility index (Phi) is 5.46. The molecule has 1 aliphatic rings. The zero-order valence-corrected chi connectivity index (χ0v) is 13.7. The van der Waals surface area contributed by atoms with E-state index in [9.17, 15) is 9.59 Å². The van der Waals surface area contributed by atoms with Crippen molar-refractivity contribution in [3.63, 3.8) is 0 Å². The molecule has 1 fully saturated rings. The van der Waals surface area contributed by atoms with Gasteiger partial charge in [-0.3, -0.25) is 9.59 Å². The topological polar surface area (TPSA) is 72.6 Å². The number of hydrogen-bond acceptors (Lipinski definition) is 5. The molecule has 0 N–H and O–H groups in total. The maximum Gasteiger partial charge on any atom is 0.312 e. The first kappa shape index (κ1) is 16.5. The van der Waals surface area contributed by atoms with Crippen LogP contribution in [0, 0.1) is 0 Å². The summed E-state index contributed by atoms with van der Waals surface area (Å²) in [7, 11) is 0. The van der Waals surface area contributed by atoms with E-state index in [1.807, 2.05) is 18.2 Å². The second-order valence-corrected chi connectivity index (χ2v) is 6.11. The molecule has 1 aliphatic heterocycles. The van der Waals surface area contributed by atoms with Crippen molar-refractivity contribution in [2.75, 3.05) is 19.7 Å². The third-order valence-electron chi connectivity index (χ3n) is 4.33. The molecule has 0 bridgehead atoms. The van der Waals surface area contributed by atoms with Crippen LogP contribution in [0.25, 0.3) is 11.0 Å². The van der Waals surface area contributed by atoms with Gasteiger partial charge in [0.1, 0.15) is 5.69 Å². The van der Waals surface area contributed by atoms with Crippen molar-refractivity contribution >= 4 is 22.8 Å². The summed E-state index contributed by atoms with van der Waals surface area (Å²) in [6.45, 7) is 1.31. The van der Waals surface area contributed by atoms with Gasteiger partial charge in [0.15, 0.2) is 12.2 Å². The van der Waals surface area contributed by atoms with Crippen LogP contribution < -0.4 is 0 Å². The van der Waals surface area contributed by atoms with Crippen molar-refractivity contribution in [1.82, 2.24) is 10.1 Å². The van der Waals surface area contributed by atoms with Gasteiger partial charge in [0, 0.05) is 18.5 Å². The van der Waals surface area contributed by atoms with E-state index >= 15 is 0 Å². The molecule has 1 amide bonds. The molecular weight excluding hydrogens is 308 g/mol. The van der Waals surface area contributed by atoms with E-state index < -0.39 is 5.97 Å². The number of rotatable bonds is 4. The Hall–Kier alpha value is -2.37. The molecule has 6 nitrogen and oxygen atoms in total. The summed E-state index contributed by atoms with van der Waals surface area (Å²) in [4.78, 5) is 26.0.